The van der Waals surface area contributed by atoms with Crippen molar-refractivity contribution in [3.63, 3.8) is 0 Å². The van der Waals surface area contributed by atoms with Gasteiger partial charge in [-0.2, -0.15) is 0 Å². The van der Waals surface area contributed by atoms with Crippen molar-refractivity contribution in [3.05, 3.63) is 42.7 Å². The summed E-state index contributed by atoms with van der Waals surface area (Å²) in [6.45, 7) is 11.6. The molecule has 5 rings (SSSR count). The molecule has 4 N–H and O–H groups in total. The Labute approximate surface area is 266 Å². The SMILES string of the molecule is CN[C@@H](C)CN[C@H](C(=O)N1CCC[C@H]1C(=O)Nc1cc2c(Nc3ccc(N4CCCC4)cc3)ncnc2cc1OC)C(C)(C)C. The lowest BCUT2D eigenvalue weighted by Crippen LogP contribution is -2.57. The number of hydrogen-bond acceptors (Lipinski definition) is 9. The maximum atomic E-state index is 13.9. The van der Waals surface area contributed by atoms with Crippen LogP contribution in [0.2, 0.25) is 0 Å². The van der Waals surface area contributed by atoms with E-state index in [-0.39, 0.29) is 23.3 Å². The van der Waals surface area contributed by atoms with E-state index in [1.54, 1.807) is 18.1 Å². The Kier molecular flexibility index (Phi) is 10.1. The van der Waals surface area contributed by atoms with E-state index in [0.29, 0.717) is 42.3 Å². The van der Waals surface area contributed by atoms with E-state index in [1.807, 2.05) is 33.9 Å². The topological polar surface area (TPSA) is 124 Å². The molecule has 3 heterocycles. The molecule has 11 nitrogen and oxygen atoms in total. The van der Waals surface area contributed by atoms with E-state index in [4.69, 9.17) is 4.74 Å². The third-order valence-electron chi connectivity index (χ3n) is 8.89. The van der Waals surface area contributed by atoms with Crippen molar-refractivity contribution in [1.82, 2.24) is 25.5 Å². The van der Waals surface area contributed by atoms with Crippen LogP contribution in [0.25, 0.3) is 10.9 Å². The average molecular weight is 617 g/mol. The molecule has 242 valence electrons. The number of rotatable bonds is 11. The van der Waals surface area contributed by atoms with Gasteiger partial charge in [0.05, 0.1) is 24.4 Å². The number of aromatic nitrogens is 2. The number of fused-ring (bicyclic) bond motifs is 1. The molecule has 2 aromatic carbocycles. The van der Waals surface area contributed by atoms with Gasteiger partial charge in [0.1, 0.15) is 23.9 Å². The van der Waals surface area contributed by atoms with Crippen molar-refractivity contribution in [3.8, 4) is 5.75 Å². The van der Waals surface area contributed by atoms with Gasteiger partial charge >= 0.3 is 0 Å². The van der Waals surface area contributed by atoms with Gasteiger partial charge in [-0.05, 0) is 75.4 Å². The van der Waals surface area contributed by atoms with Crippen molar-refractivity contribution >= 4 is 45.6 Å². The zero-order valence-electron chi connectivity index (χ0n) is 27.4. The summed E-state index contributed by atoms with van der Waals surface area (Å²) in [5, 5.41) is 13.9. The highest BCUT2D eigenvalue weighted by molar-refractivity contribution is 6.02. The molecule has 1 aromatic heterocycles. The summed E-state index contributed by atoms with van der Waals surface area (Å²) in [6, 6.07) is 11.2. The largest absolute Gasteiger partial charge is 0.494 e. The normalized spacial score (nSPS) is 18.2. The third-order valence-corrected chi connectivity index (χ3v) is 8.89. The van der Waals surface area contributed by atoms with E-state index in [9.17, 15) is 9.59 Å². The molecule has 2 amide bonds. The minimum Gasteiger partial charge on any atom is -0.494 e. The molecule has 0 radical (unpaired) electrons. The number of carbonyl (C=O) groups is 2. The number of nitrogens with one attached hydrogen (secondary N) is 4. The first kappa shape index (κ1) is 32.4. The highest BCUT2D eigenvalue weighted by Crippen LogP contribution is 2.34. The Bertz CT molecular complexity index is 1480. The van der Waals surface area contributed by atoms with Gasteiger partial charge in [-0.15, -0.1) is 0 Å². The van der Waals surface area contributed by atoms with Gasteiger partial charge in [0.2, 0.25) is 11.8 Å². The molecule has 0 spiro atoms. The molecule has 11 heteroatoms. The van der Waals surface area contributed by atoms with Crippen molar-refractivity contribution in [2.45, 2.75) is 71.5 Å². The number of likely N-dealkylation sites (tertiary alicyclic amines) is 1. The van der Waals surface area contributed by atoms with Gasteiger partial charge < -0.3 is 35.8 Å². The molecule has 0 bridgehead atoms. The Morgan fingerprint density at radius 1 is 1.04 bits per heavy atom. The van der Waals surface area contributed by atoms with Gasteiger partial charge in [0, 0.05) is 55.0 Å². The van der Waals surface area contributed by atoms with Crippen LogP contribution in [-0.2, 0) is 9.59 Å². The van der Waals surface area contributed by atoms with Crippen molar-refractivity contribution in [1.29, 1.82) is 0 Å². The fraction of sp³-hybridized carbons (Fsp3) is 0.529. The smallest absolute Gasteiger partial charge is 0.247 e. The first-order valence-corrected chi connectivity index (χ1v) is 16.1. The second-order valence-electron chi connectivity index (χ2n) is 13.2. The Morgan fingerprint density at radius 2 is 1.78 bits per heavy atom. The number of nitrogens with zero attached hydrogens (tertiary/aromatic N) is 4. The summed E-state index contributed by atoms with van der Waals surface area (Å²) < 4.78 is 5.66. The summed E-state index contributed by atoms with van der Waals surface area (Å²) in [5.74, 6) is 0.824. The number of anilines is 4. The van der Waals surface area contributed by atoms with Gasteiger partial charge in [-0.1, -0.05) is 20.8 Å². The quantitative estimate of drug-likeness (QED) is 0.246. The van der Waals surface area contributed by atoms with E-state index in [1.165, 1.54) is 24.9 Å². The van der Waals surface area contributed by atoms with Crippen LogP contribution in [0.1, 0.15) is 53.4 Å². The monoisotopic (exact) mass is 616 g/mol. The van der Waals surface area contributed by atoms with Gasteiger partial charge in [0.15, 0.2) is 0 Å². The van der Waals surface area contributed by atoms with E-state index in [2.05, 4.69) is 67.3 Å². The van der Waals surface area contributed by atoms with Crippen LogP contribution in [-0.4, -0.2) is 85.1 Å². The zero-order chi connectivity index (χ0) is 32.1. The maximum Gasteiger partial charge on any atom is 0.247 e. The summed E-state index contributed by atoms with van der Waals surface area (Å²) in [5.41, 5.74) is 2.99. The van der Waals surface area contributed by atoms with E-state index >= 15 is 0 Å². The number of carbonyl (C=O) groups excluding carboxylic acids is 2. The second kappa shape index (κ2) is 14.0. The van der Waals surface area contributed by atoms with Crippen LogP contribution in [0.15, 0.2) is 42.7 Å². The lowest BCUT2D eigenvalue weighted by atomic mass is 9.85. The van der Waals surface area contributed by atoms with E-state index in [0.717, 1.165) is 30.6 Å². The molecule has 2 fully saturated rings. The number of hydrogen-bond donors (Lipinski definition) is 4. The highest BCUT2D eigenvalue weighted by atomic mass is 16.5. The third kappa shape index (κ3) is 7.48. The van der Waals surface area contributed by atoms with Gasteiger partial charge in [-0.3, -0.25) is 9.59 Å². The molecule has 2 aliphatic rings. The molecule has 0 saturated carbocycles. The van der Waals surface area contributed by atoms with Crippen LogP contribution in [0.3, 0.4) is 0 Å². The summed E-state index contributed by atoms with van der Waals surface area (Å²) >= 11 is 0. The van der Waals surface area contributed by atoms with Crippen LogP contribution in [0.5, 0.6) is 5.75 Å². The number of ether oxygens (including phenoxy) is 1. The van der Waals surface area contributed by atoms with Crippen LogP contribution >= 0.6 is 0 Å². The van der Waals surface area contributed by atoms with Crippen LogP contribution < -0.4 is 30.9 Å². The van der Waals surface area contributed by atoms with E-state index < -0.39 is 12.1 Å². The predicted molar refractivity (Wildman–Crippen MR) is 180 cm³/mol. The number of methoxy groups -OCH3 is 1. The molecule has 45 heavy (non-hydrogen) atoms. The molecular weight excluding hydrogens is 568 g/mol. The number of amides is 2. The van der Waals surface area contributed by atoms with Crippen molar-refractivity contribution in [2.75, 3.05) is 55.9 Å². The average Bonchev–Trinajstić information content (AvgIpc) is 3.74. The molecule has 3 aromatic rings. The van der Waals surface area contributed by atoms with Gasteiger partial charge in [-0.25, -0.2) is 9.97 Å². The minimum absolute atomic E-state index is 0.0513. The Hall–Kier alpha value is -3.96. The summed E-state index contributed by atoms with van der Waals surface area (Å²) in [6.07, 6.45) is 5.34. The van der Waals surface area contributed by atoms with Crippen LogP contribution in [0, 0.1) is 5.41 Å². The molecule has 0 unspecified atom stereocenters. The standard InChI is InChI=1S/C34H48N8O3/c1-22(35-5)20-36-30(34(2,3)4)33(44)42-17-9-10-28(42)32(43)40-27-18-25-26(19-29(27)45-6)37-21-38-31(25)39-23-11-13-24(14-12-23)41-15-7-8-16-41/h11-14,18-19,21-22,28,30,35-36H,7-10,15-17,20H2,1-6H3,(H,40,43)(H,37,38,39)/t22-,28-,30+/m0/s1. The number of benzene rings is 2. The van der Waals surface area contributed by atoms with Crippen molar-refractivity contribution in [2.24, 2.45) is 5.41 Å². The second-order valence-corrected chi connectivity index (χ2v) is 13.2. The minimum atomic E-state index is -0.579. The number of likely N-dealkylation sites (N-methyl/N-ethyl adjacent to an activating group) is 1. The van der Waals surface area contributed by atoms with Crippen molar-refractivity contribution < 1.29 is 14.3 Å². The lowest BCUT2D eigenvalue weighted by Gasteiger charge is -2.36. The van der Waals surface area contributed by atoms with Crippen LogP contribution in [0.4, 0.5) is 22.9 Å². The first-order chi connectivity index (χ1) is 21.6. The first-order valence-electron chi connectivity index (χ1n) is 16.1. The molecular formula is C34H48N8O3. The summed E-state index contributed by atoms with van der Waals surface area (Å²) in [7, 11) is 3.47. The zero-order valence-corrected chi connectivity index (χ0v) is 27.4. The Morgan fingerprint density at radius 3 is 2.44 bits per heavy atom. The molecule has 0 aliphatic carbocycles. The molecule has 2 saturated heterocycles. The fourth-order valence-corrected chi connectivity index (χ4v) is 6.16. The fourth-order valence-electron chi connectivity index (χ4n) is 6.16. The summed E-state index contributed by atoms with van der Waals surface area (Å²) in [4.78, 5) is 40.8. The molecule has 2 aliphatic heterocycles. The Balaban J connectivity index is 1.35. The van der Waals surface area contributed by atoms with Gasteiger partial charge in [0.25, 0.3) is 0 Å². The predicted octanol–water partition coefficient (Wildman–Crippen LogP) is 4.52. The molecule has 3 atom stereocenters. The lowest BCUT2D eigenvalue weighted by molar-refractivity contribution is -0.140. The maximum absolute atomic E-state index is 13.9. The highest BCUT2D eigenvalue weighted by Gasteiger charge is 2.41.